The number of hydrogen-bond donors (Lipinski definition) is 3. The van der Waals surface area contributed by atoms with Crippen LogP contribution in [0.3, 0.4) is 0 Å². The Kier molecular flexibility index (Phi) is 3.41. The lowest BCUT2D eigenvalue weighted by Gasteiger charge is -2.27. The van der Waals surface area contributed by atoms with Crippen LogP contribution in [0.15, 0.2) is 79.1 Å². The number of carbonyl (C=O) groups excluding carboxylic acids is 1. The van der Waals surface area contributed by atoms with E-state index in [1.807, 2.05) is 54.7 Å². The van der Waals surface area contributed by atoms with Crippen molar-refractivity contribution in [1.82, 2.24) is 9.97 Å². The van der Waals surface area contributed by atoms with Crippen molar-refractivity contribution in [1.29, 1.82) is 0 Å². The molecule has 0 radical (unpaired) electrons. The van der Waals surface area contributed by atoms with Gasteiger partial charge in [-0.2, -0.15) is 0 Å². The molecule has 0 saturated heterocycles. The Morgan fingerprint density at radius 1 is 0.774 bits per heavy atom. The number of benzene rings is 3. The van der Waals surface area contributed by atoms with Gasteiger partial charge in [0.2, 0.25) is 5.91 Å². The highest BCUT2D eigenvalue weighted by Crippen LogP contribution is 2.51. The average Bonchev–Trinajstić information content (AvgIpc) is 3.47. The van der Waals surface area contributed by atoms with Gasteiger partial charge in [0, 0.05) is 68.7 Å². The van der Waals surface area contributed by atoms with Crippen LogP contribution in [0.2, 0.25) is 0 Å². The first-order chi connectivity index (χ1) is 15.1. The van der Waals surface area contributed by atoms with Crippen LogP contribution in [0.5, 0.6) is 0 Å². The first-order valence-corrected chi connectivity index (χ1v) is 9.84. The predicted octanol–water partition coefficient (Wildman–Crippen LogP) is 4.84. The minimum absolute atomic E-state index is 0.0193. The Labute approximate surface area is 175 Å². The third kappa shape index (κ3) is 2.20. The van der Waals surface area contributed by atoms with E-state index in [0.717, 1.165) is 33.2 Å². The van der Waals surface area contributed by atoms with Crippen molar-refractivity contribution in [2.24, 2.45) is 0 Å². The average molecular weight is 408 g/mol. The molecular formula is C24H16N4O3. The number of amides is 1. The Morgan fingerprint density at radius 3 is 2.26 bits per heavy atom. The van der Waals surface area contributed by atoms with E-state index in [9.17, 15) is 14.9 Å². The first kappa shape index (κ1) is 17.5. The van der Waals surface area contributed by atoms with Crippen molar-refractivity contribution in [2.45, 2.75) is 5.41 Å². The normalized spacial score (nSPS) is 17.7. The highest BCUT2D eigenvalue weighted by molar-refractivity contribution is 6.15. The van der Waals surface area contributed by atoms with Crippen molar-refractivity contribution < 1.29 is 9.72 Å². The smallest absolute Gasteiger partial charge is 0.270 e. The second-order valence-corrected chi connectivity index (χ2v) is 7.69. The Bertz CT molecular complexity index is 1530. The van der Waals surface area contributed by atoms with Crippen LogP contribution in [0, 0.1) is 10.1 Å². The Balaban J connectivity index is 1.77. The summed E-state index contributed by atoms with van der Waals surface area (Å²) in [4.78, 5) is 31.3. The summed E-state index contributed by atoms with van der Waals surface area (Å²) in [5.74, 6) is -0.189. The quantitative estimate of drug-likeness (QED) is 0.294. The number of H-pyrrole nitrogens is 2. The molecule has 2 aromatic heterocycles. The molecule has 3 aromatic carbocycles. The first-order valence-electron chi connectivity index (χ1n) is 9.84. The molecule has 1 atom stereocenters. The molecular weight excluding hydrogens is 392 g/mol. The maximum Gasteiger partial charge on any atom is 0.270 e. The monoisotopic (exact) mass is 408 g/mol. The number of nitro groups is 1. The highest BCUT2D eigenvalue weighted by Gasteiger charge is 2.52. The molecule has 7 heteroatoms. The molecule has 6 rings (SSSR count). The van der Waals surface area contributed by atoms with Gasteiger partial charge in [-0.1, -0.05) is 36.4 Å². The third-order valence-electron chi connectivity index (χ3n) is 6.19. The van der Waals surface area contributed by atoms with Gasteiger partial charge in [0.1, 0.15) is 5.41 Å². The van der Waals surface area contributed by atoms with Gasteiger partial charge in [0.15, 0.2) is 0 Å². The maximum atomic E-state index is 13.8. The summed E-state index contributed by atoms with van der Waals surface area (Å²) in [5.41, 5.74) is 3.50. The van der Waals surface area contributed by atoms with Crippen LogP contribution in [0.1, 0.15) is 16.7 Å². The van der Waals surface area contributed by atoms with Gasteiger partial charge in [-0.25, -0.2) is 0 Å². The molecule has 3 heterocycles. The molecule has 1 aliphatic rings. The standard InChI is InChI=1S/C24H16N4O3/c29-23-24(17-6-2-4-8-22(17)27-23,18-12-25-20-7-3-1-5-15(18)20)19-13-26-21-10-9-14(28(30)31)11-16(19)21/h1-13,25-26H,(H,27,29). The van der Waals surface area contributed by atoms with Crippen molar-refractivity contribution in [3.8, 4) is 0 Å². The van der Waals surface area contributed by atoms with Gasteiger partial charge < -0.3 is 15.3 Å². The van der Waals surface area contributed by atoms with Crippen molar-refractivity contribution >= 4 is 39.1 Å². The number of para-hydroxylation sites is 2. The molecule has 5 aromatic rings. The molecule has 3 N–H and O–H groups in total. The molecule has 0 aliphatic carbocycles. The van der Waals surface area contributed by atoms with Gasteiger partial charge in [-0.15, -0.1) is 0 Å². The van der Waals surface area contributed by atoms with E-state index in [0.29, 0.717) is 10.9 Å². The van der Waals surface area contributed by atoms with E-state index >= 15 is 0 Å². The fraction of sp³-hybridized carbons (Fsp3) is 0.0417. The van der Waals surface area contributed by atoms with Crippen molar-refractivity contribution in [3.63, 3.8) is 0 Å². The lowest BCUT2D eigenvalue weighted by molar-refractivity contribution is -0.384. The molecule has 0 bridgehead atoms. The highest BCUT2D eigenvalue weighted by atomic mass is 16.6. The summed E-state index contributed by atoms with van der Waals surface area (Å²) in [5, 5.41) is 16.1. The van der Waals surface area contributed by atoms with E-state index < -0.39 is 10.3 Å². The lowest BCUT2D eigenvalue weighted by Crippen LogP contribution is -2.36. The summed E-state index contributed by atoms with van der Waals surface area (Å²) in [6.07, 6.45) is 3.65. The SMILES string of the molecule is O=C1Nc2ccccc2C1(c1c[nH]c2ccccc12)c1c[nH]c2ccc([N+](=O)[O-])cc12. The maximum absolute atomic E-state index is 13.8. The molecule has 31 heavy (non-hydrogen) atoms. The number of non-ortho nitro benzene ring substituents is 1. The fourth-order valence-corrected chi connectivity index (χ4v) is 4.85. The molecule has 0 saturated carbocycles. The molecule has 1 unspecified atom stereocenters. The minimum atomic E-state index is -1.16. The Morgan fingerprint density at radius 2 is 1.45 bits per heavy atom. The van der Waals surface area contributed by atoms with Gasteiger partial charge in [0.05, 0.1) is 4.92 Å². The zero-order chi connectivity index (χ0) is 21.2. The van der Waals surface area contributed by atoms with Crippen molar-refractivity contribution in [3.05, 3.63) is 106 Å². The van der Waals surface area contributed by atoms with Gasteiger partial charge in [-0.3, -0.25) is 14.9 Å². The summed E-state index contributed by atoms with van der Waals surface area (Å²) >= 11 is 0. The predicted molar refractivity (Wildman–Crippen MR) is 118 cm³/mol. The molecule has 1 aliphatic heterocycles. The lowest BCUT2D eigenvalue weighted by atomic mass is 9.70. The van der Waals surface area contributed by atoms with E-state index in [1.54, 1.807) is 12.3 Å². The zero-order valence-electron chi connectivity index (χ0n) is 16.2. The van der Waals surface area contributed by atoms with E-state index in [1.165, 1.54) is 12.1 Å². The van der Waals surface area contributed by atoms with E-state index in [2.05, 4.69) is 15.3 Å². The van der Waals surface area contributed by atoms with Crippen LogP contribution in [-0.4, -0.2) is 20.8 Å². The summed E-state index contributed by atoms with van der Waals surface area (Å²) in [6, 6.07) is 20.1. The van der Waals surface area contributed by atoms with Crippen LogP contribution in [0.4, 0.5) is 11.4 Å². The minimum Gasteiger partial charge on any atom is -0.361 e. The molecule has 1 amide bonds. The van der Waals surface area contributed by atoms with Crippen LogP contribution < -0.4 is 5.32 Å². The molecule has 0 fully saturated rings. The van der Waals surface area contributed by atoms with Gasteiger partial charge in [-0.05, 0) is 18.2 Å². The summed E-state index contributed by atoms with van der Waals surface area (Å²) < 4.78 is 0. The second kappa shape index (κ2) is 6.06. The topological polar surface area (TPSA) is 104 Å². The van der Waals surface area contributed by atoms with E-state index in [4.69, 9.17) is 0 Å². The fourth-order valence-electron chi connectivity index (χ4n) is 4.85. The number of nitrogens with zero attached hydrogens (tertiary/aromatic N) is 1. The molecule has 0 spiro atoms. The number of carbonyl (C=O) groups is 1. The van der Waals surface area contributed by atoms with Crippen LogP contribution >= 0.6 is 0 Å². The third-order valence-corrected chi connectivity index (χ3v) is 6.19. The van der Waals surface area contributed by atoms with Gasteiger partial charge in [0.25, 0.3) is 5.69 Å². The number of hydrogen-bond acceptors (Lipinski definition) is 3. The number of aromatic nitrogens is 2. The van der Waals surface area contributed by atoms with Crippen molar-refractivity contribution in [2.75, 3.05) is 5.32 Å². The van der Waals surface area contributed by atoms with Gasteiger partial charge >= 0.3 is 0 Å². The zero-order valence-corrected chi connectivity index (χ0v) is 16.2. The number of fused-ring (bicyclic) bond motifs is 3. The summed E-state index contributed by atoms with van der Waals surface area (Å²) in [7, 11) is 0. The number of rotatable bonds is 3. The number of nitrogens with one attached hydrogen (secondary N) is 3. The largest absolute Gasteiger partial charge is 0.361 e. The number of nitro benzene ring substituents is 1. The van der Waals surface area contributed by atoms with Crippen LogP contribution in [0.25, 0.3) is 21.8 Å². The second-order valence-electron chi connectivity index (χ2n) is 7.69. The molecule has 7 nitrogen and oxygen atoms in total. The summed E-state index contributed by atoms with van der Waals surface area (Å²) in [6.45, 7) is 0. The number of aromatic amines is 2. The molecule has 150 valence electrons. The van der Waals surface area contributed by atoms with Crippen LogP contribution in [-0.2, 0) is 10.2 Å². The Hall–Kier alpha value is -4.39. The number of anilines is 1. The van der Waals surface area contributed by atoms with E-state index in [-0.39, 0.29) is 11.6 Å².